The Labute approximate surface area is 114 Å². The molecular formula is C9H18B6N2O. The van der Waals surface area contributed by atoms with Crippen LogP contribution in [0.25, 0.3) is 0 Å². The second-order valence-electron chi connectivity index (χ2n) is 5.14. The van der Waals surface area contributed by atoms with Crippen LogP contribution in [-0.4, -0.2) is 50.8 Å². The molecule has 0 atom stereocenters. The highest BCUT2D eigenvalue weighted by atomic mass is 16.2. The number of hydrogen-bond acceptors (Lipinski definition) is 1. The number of carbonyl (C=O) groups excluding carboxylic acids is 1. The maximum Gasteiger partial charge on any atom is 0.316 e. The summed E-state index contributed by atoms with van der Waals surface area (Å²) < 4.78 is 0. The van der Waals surface area contributed by atoms with Crippen molar-refractivity contribution in [3.05, 3.63) is 11.1 Å². The van der Waals surface area contributed by atoms with Gasteiger partial charge in [0.15, 0.2) is 0 Å². The van der Waals surface area contributed by atoms with Gasteiger partial charge >= 0.3 is 6.03 Å². The molecule has 1 aromatic carbocycles. The minimum atomic E-state index is -0.497. The molecule has 0 bridgehead atoms. The van der Waals surface area contributed by atoms with E-state index in [1.807, 2.05) is 6.92 Å². The van der Waals surface area contributed by atoms with Gasteiger partial charge in [-0.1, -0.05) is 22.0 Å². The molecule has 0 heterocycles. The molecule has 1 rings (SSSR count). The molecule has 0 aliphatic heterocycles. The summed E-state index contributed by atoms with van der Waals surface area (Å²) >= 11 is 0. The van der Waals surface area contributed by atoms with Crippen LogP contribution in [-0.2, 0) is 0 Å². The molecule has 0 saturated heterocycles. The molecule has 0 radical (unpaired) electrons. The Morgan fingerprint density at radius 2 is 1.89 bits per heavy atom. The van der Waals surface area contributed by atoms with Gasteiger partial charge in [0.2, 0.25) is 0 Å². The molecule has 0 saturated carbocycles. The number of anilines is 1. The number of amides is 2. The second-order valence-corrected chi connectivity index (χ2v) is 5.14. The van der Waals surface area contributed by atoms with Crippen molar-refractivity contribution >= 4 is 72.8 Å². The third-order valence-electron chi connectivity index (χ3n) is 3.70. The van der Waals surface area contributed by atoms with Crippen molar-refractivity contribution in [2.45, 2.75) is 13.8 Å². The van der Waals surface area contributed by atoms with E-state index in [0.29, 0.717) is 6.49 Å². The fourth-order valence-corrected chi connectivity index (χ4v) is 2.78. The van der Waals surface area contributed by atoms with Crippen molar-refractivity contribution in [2.75, 3.05) is 5.32 Å². The second kappa shape index (κ2) is 5.68. The highest BCUT2D eigenvalue weighted by Gasteiger charge is 2.19. The third kappa shape index (κ3) is 2.65. The molecule has 3 nitrogen and oxygen atoms in total. The van der Waals surface area contributed by atoms with Gasteiger partial charge in [-0.15, -0.1) is 0 Å². The topological polar surface area (TPSA) is 55.1 Å². The van der Waals surface area contributed by atoms with E-state index in [9.17, 15) is 4.79 Å². The van der Waals surface area contributed by atoms with Gasteiger partial charge in [0.25, 0.3) is 0 Å². The molecule has 0 aromatic heterocycles. The lowest BCUT2D eigenvalue weighted by Gasteiger charge is -2.24. The Bertz CT molecular complexity index is 491. The number of nitrogens with two attached hydrogens (primary N) is 1. The first-order valence-corrected chi connectivity index (χ1v) is 6.50. The Kier molecular flexibility index (Phi) is 4.71. The van der Waals surface area contributed by atoms with Crippen molar-refractivity contribution in [3.8, 4) is 0 Å². The molecule has 3 N–H and O–H groups in total. The van der Waals surface area contributed by atoms with Gasteiger partial charge < -0.3 is 11.1 Å². The minimum Gasteiger partial charge on any atom is -0.351 e. The van der Waals surface area contributed by atoms with Gasteiger partial charge in [0.05, 0.1) is 23.2 Å². The van der Waals surface area contributed by atoms with Crippen LogP contribution in [0.2, 0.25) is 0 Å². The summed E-state index contributed by atoms with van der Waals surface area (Å²) in [7, 11) is 9.57. The first-order chi connectivity index (χ1) is 8.31. The molecule has 0 spiro atoms. The minimum absolute atomic E-state index is 0.358. The fraction of sp³-hybridized carbons (Fsp3) is 0.222. The predicted octanol–water partition coefficient (Wildman–Crippen LogP) is -5.38. The number of primary amides is 1. The Morgan fingerprint density at radius 3 is 2.28 bits per heavy atom. The smallest absolute Gasteiger partial charge is 0.316 e. The summed E-state index contributed by atoms with van der Waals surface area (Å²) in [5.41, 5.74) is 12.4. The van der Waals surface area contributed by atoms with Crippen LogP contribution in [0.5, 0.6) is 0 Å². The van der Waals surface area contributed by atoms with Crippen molar-refractivity contribution in [1.29, 1.82) is 0 Å². The van der Waals surface area contributed by atoms with Crippen molar-refractivity contribution in [3.63, 3.8) is 0 Å². The van der Waals surface area contributed by atoms with E-state index in [1.54, 1.807) is 0 Å². The lowest BCUT2D eigenvalue weighted by atomic mass is 9.16. The van der Waals surface area contributed by atoms with E-state index in [-0.39, 0.29) is 0 Å². The zero-order chi connectivity index (χ0) is 14.0. The average Bonchev–Trinajstić information content (AvgIpc) is 2.25. The van der Waals surface area contributed by atoms with E-state index >= 15 is 0 Å². The van der Waals surface area contributed by atoms with Crippen LogP contribution < -0.4 is 27.4 Å². The maximum atomic E-state index is 11.2. The molecule has 0 aliphatic carbocycles. The van der Waals surface area contributed by atoms with Gasteiger partial charge in [0.1, 0.15) is 21.5 Å². The van der Waals surface area contributed by atoms with E-state index < -0.39 is 6.03 Å². The summed E-state index contributed by atoms with van der Waals surface area (Å²) in [5.74, 6) is 0. The molecule has 18 heavy (non-hydrogen) atoms. The zero-order valence-electron chi connectivity index (χ0n) is 12.3. The number of nitrogens with one attached hydrogen (secondary N) is 1. The molecule has 9 heteroatoms. The SMILES string of the molecule is BBc1c(B)c(C)c(NC(N)=O)c(B(B)B)c1C. The molecule has 88 valence electrons. The van der Waals surface area contributed by atoms with E-state index in [1.165, 1.54) is 22.0 Å². The predicted molar refractivity (Wildman–Crippen MR) is 95.1 cm³/mol. The van der Waals surface area contributed by atoms with Crippen LogP contribution in [0.4, 0.5) is 10.5 Å². The Morgan fingerprint density at radius 1 is 1.33 bits per heavy atom. The van der Waals surface area contributed by atoms with Gasteiger partial charge in [-0.05, 0) is 19.4 Å². The van der Waals surface area contributed by atoms with Gasteiger partial charge in [-0.2, -0.15) is 0 Å². The average molecular weight is 235 g/mol. The zero-order valence-corrected chi connectivity index (χ0v) is 12.3. The summed E-state index contributed by atoms with van der Waals surface area (Å²) in [6.07, 6.45) is 0. The molecule has 2 amide bonds. The monoisotopic (exact) mass is 236 g/mol. The van der Waals surface area contributed by atoms with Crippen LogP contribution >= 0.6 is 0 Å². The summed E-state index contributed by atoms with van der Waals surface area (Å²) in [5, 5.41) is 2.79. The molecular weight excluding hydrogens is 217 g/mol. The van der Waals surface area contributed by atoms with Crippen LogP contribution in [0, 0.1) is 13.8 Å². The van der Waals surface area contributed by atoms with Crippen LogP contribution in [0.15, 0.2) is 0 Å². The highest BCUT2D eigenvalue weighted by Crippen LogP contribution is 2.11. The molecule has 1 aromatic rings. The molecule has 0 unspecified atom stereocenters. The number of urea groups is 1. The quantitative estimate of drug-likeness (QED) is 0.505. The normalized spacial score (nSPS) is 9.89. The number of benzene rings is 1. The standard InChI is InChI=1S/C9H18B6N2O/c1-3-5(10)6(14-11)4(2)7(15(12)13)8(3)17-9(16)18/h14H,10-13H2,1-2H3,(H3,16,17,18). The number of rotatable bonds is 3. The largest absolute Gasteiger partial charge is 0.351 e. The lowest BCUT2D eigenvalue weighted by molar-refractivity contribution is 0.259. The third-order valence-corrected chi connectivity index (χ3v) is 3.70. The maximum absolute atomic E-state index is 11.2. The van der Waals surface area contributed by atoms with Crippen molar-refractivity contribution in [1.82, 2.24) is 0 Å². The number of hydrogen-bond donors (Lipinski definition) is 2. The first kappa shape index (κ1) is 14.9. The van der Waals surface area contributed by atoms with Crippen molar-refractivity contribution < 1.29 is 4.79 Å². The Balaban J connectivity index is 3.62. The number of carbonyl (C=O) groups is 1. The fourth-order valence-electron chi connectivity index (χ4n) is 2.78. The van der Waals surface area contributed by atoms with Crippen LogP contribution in [0.3, 0.4) is 0 Å². The van der Waals surface area contributed by atoms with E-state index in [2.05, 4.69) is 43.3 Å². The lowest BCUT2D eigenvalue weighted by Crippen LogP contribution is -2.48. The van der Waals surface area contributed by atoms with Crippen molar-refractivity contribution in [2.24, 2.45) is 5.73 Å². The summed E-state index contributed by atoms with van der Waals surface area (Å²) in [6, 6.07) is -0.497. The highest BCUT2D eigenvalue weighted by molar-refractivity contribution is 7.36. The summed E-state index contributed by atoms with van der Waals surface area (Å²) in [6.45, 7) is 4.54. The molecule has 0 aliphatic rings. The van der Waals surface area contributed by atoms with E-state index in [0.717, 1.165) is 18.4 Å². The van der Waals surface area contributed by atoms with E-state index in [4.69, 9.17) is 5.73 Å². The van der Waals surface area contributed by atoms with Crippen LogP contribution in [0.1, 0.15) is 11.1 Å². The summed E-state index contributed by atoms with van der Waals surface area (Å²) in [4.78, 5) is 11.2. The van der Waals surface area contributed by atoms with Gasteiger partial charge in [-0.25, -0.2) is 4.79 Å². The first-order valence-electron chi connectivity index (χ1n) is 6.50. The van der Waals surface area contributed by atoms with Gasteiger partial charge in [0, 0.05) is 5.69 Å². The van der Waals surface area contributed by atoms with Gasteiger partial charge in [-0.3, -0.25) is 0 Å². The molecule has 0 fully saturated rings. The Hall–Kier alpha value is -1.12.